The second-order valence-corrected chi connectivity index (χ2v) is 6.70. The van der Waals surface area contributed by atoms with Crippen molar-refractivity contribution in [2.45, 2.75) is 20.3 Å². The first-order chi connectivity index (χ1) is 10.6. The normalized spacial score (nSPS) is 11.0. The summed E-state index contributed by atoms with van der Waals surface area (Å²) in [5, 5.41) is 5.09. The Bertz CT molecular complexity index is 832. The summed E-state index contributed by atoms with van der Waals surface area (Å²) in [5.41, 5.74) is 2.87. The molecule has 0 atom stereocenters. The largest absolute Gasteiger partial charge is 0.352 e. The molecular weight excluding hydrogens is 294 g/mol. The van der Waals surface area contributed by atoms with Crippen molar-refractivity contribution in [3.05, 3.63) is 51.6 Å². The monoisotopic (exact) mass is 313 g/mol. The Balaban J connectivity index is 1.70. The van der Waals surface area contributed by atoms with E-state index >= 15 is 0 Å². The molecule has 0 aliphatic rings. The number of benzene rings is 1. The Morgan fingerprint density at radius 3 is 2.86 bits per heavy atom. The third-order valence-corrected chi connectivity index (χ3v) is 4.94. The van der Waals surface area contributed by atoms with Gasteiger partial charge in [-0.2, -0.15) is 0 Å². The molecule has 0 unspecified atom stereocenters. The Kier molecular flexibility index (Phi) is 3.98. The highest BCUT2D eigenvalue weighted by molar-refractivity contribution is 7.11. The highest BCUT2D eigenvalue weighted by Crippen LogP contribution is 2.20. The van der Waals surface area contributed by atoms with Crippen LogP contribution in [0, 0.1) is 13.8 Å². The lowest BCUT2D eigenvalue weighted by atomic mass is 10.1. The van der Waals surface area contributed by atoms with Crippen LogP contribution >= 0.6 is 11.3 Å². The van der Waals surface area contributed by atoms with Crippen molar-refractivity contribution < 1.29 is 4.79 Å². The molecule has 114 valence electrons. The van der Waals surface area contributed by atoms with Gasteiger partial charge in [-0.3, -0.25) is 4.79 Å². The Hall–Kier alpha value is -2.14. The van der Waals surface area contributed by atoms with Crippen molar-refractivity contribution >= 4 is 28.1 Å². The van der Waals surface area contributed by atoms with Crippen molar-refractivity contribution in [2.75, 3.05) is 6.54 Å². The summed E-state index contributed by atoms with van der Waals surface area (Å²) < 4.78 is 2.02. The number of amides is 1. The molecule has 0 spiro atoms. The average molecular weight is 313 g/mol. The van der Waals surface area contributed by atoms with E-state index in [0.717, 1.165) is 33.6 Å². The van der Waals surface area contributed by atoms with Crippen LogP contribution < -0.4 is 5.32 Å². The summed E-state index contributed by atoms with van der Waals surface area (Å²) >= 11 is 1.70. The van der Waals surface area contributed by atoms with Crippen molar-refractivity contribution in [3.8, 4) is 0 Å². The van der Waals surface area contributed by atoms with Gasteiger partial charge >= 0.3 is 0 Å². The maximum absolute atomic E-state index is 12.4. The fourth-order valence-electron chi connectivity index (χ4n) is 2.69. The molecule has 0 aliphatic heterocycles. The predicted octanol–water partition coefficient (Wildman–Crippen LogP) is 3.22. The molecule has 22 heavy (non-hydrogen) atoms. The summed E-state index contributed by atoms with van der Waals surface area (Å²) in [7, 11) is 1.99. The van der Waals surface area contributed by atoms with Crippen molar-refractivity contribution in [2.24, 2.45) is 7.05 Å². The van der Waals surface area contributed by atoms with Gasteiger partial charge in [0.2, 0.25) is 0 Å². The minimum atomic E-state index is -0.0179. The third kappa shape index (κ3) is 2.76. The maximum atomic E-state index is 12.4. The fourth-order valence-corrected chi connectivity index (χ4v) is 3.63. The van der Waals surface area contributed by atoms with E-state index in [2.05, 4.69) is 10.3 Å². The van der Waals surface area contributed by atoms with E-state index in [1.165, 1.54) is 4.88 Å². The molecule has 0 aliphatic carbocycles. The molecule has 3 aromatic rings. The molecule has 5 heteroatoms. The van der Waals surface area contributed by atoms with Crippen molar-refractivity contribution in [3.63, 3.8) is 0 Å². The number of hydrogen-bond donors (Lipinski definition) is 1. The topological polar surface area (TPSA) is 46.9 Å². The zero-order chi connectivity index (χ0) is 15.7. The van der Waals surface area contributed by atoms with E-state index in [9.17, 15) is 4.79 Å². The van der Waals surface area contributed by atoms with Gasteiger partial charge in [-0.05, 0) is 32.0 Å². The van der Waals surface area contributed by atoms with E-state index in [1.54, 1.807) is 11.3 Å². The highest BCUT2D eigenvalue weighted by atomic mass is 32.1. The van der Waals surface area contributed by atoms with E-state index < -0.39 is 0 Å². The molecule has 1 N–H and O–H groups in total. The van der Waals surface area contributed by atoms with Crippen LogP contribution in [0.3, 0.4) is 0 Å². The second kappa shape index (κ2) is 5.93. The Labute approximate surface area is 133 Å². The van der Waals surface area contributed by atoms with Crippen LogP contribution in [-0.2, 0) is 13.5 Å². The van der Waals surface area contributed by atoms with Gasteiger partial charge in [-0.1, -0.05) is 6.07 Å². The fraction of sp³-hybridized carbons (Fsp3) is 0.294. The number of carbonyl (C=O) groups excluding carboxylic acids is 1. The Morgan fingerprint density at radius 1 is 1.32 bits per heavy atom. The molecule has 1 amide bonds. The van der Waals surface area contributed by atoms with E-state index in [4.69, 9.17) is 0 Å². The summed E-state index contributed by atoms with van der Waals surface area (Å²) in [6.45, 7) is 4.66. The van der Waals surface area contributed by atoms with Gasteiger partial charge in [0, 0.05) is 47.6 Å². The van der Waals surface area contributed by atoms with E-state index in [0.29, 0.717) is 6.54 Å². The van der Waals surface area contributed by atoms with Crippen LogP contribution in [0.5, 0.6) is 0 Å². The lowest BCUT2D eigenvalue weighted by Gasteiger charge is -2.06. The number of aromatic nitrogens is 2. The van der Waals surface area contributed by atoms with Crippen LogP contribution in [-0.4, -0.2) is 22.0 Å². The number of carbonyl (C=O) groups is 1. The number of nitrogens with one attached hydrogen (secondary N) is 1. The number of fused-ring (bicyclic) bond motifs is 1. The summed E-state index contributed by atoms with van der Waals surface area (Å²) in [4.78, 5) is 18.1. The van der Waals surface area contributed by atoms with Gasteiger partial charge in [-0.25, -0.2) is 4.98 Å². The zero-order valence-electron chi connectivity index (χ0n) is 13.0. The lowest BCUT2D eigenvalue weighted by Crippen LogP contribution is -2.25. The molecule has 0 bridgehead atoms. The van der Waals surface area contributed by atoms with Gasteiger partial charge in [0.25, 0.3) is 5.91 Å². The first-order valence-corrected chi connectivity index (χ1v) is 8.13. The van der Waals surface area contributed by atoms with Gasteiger partial charge in [0.1, 0.15) is 0 Å². The number of hydrogen-bond acceptors (Lipinski definition) is 3. The quantitative estimate of drug-likeness (QED) is 0.804. The molecule has 2 heterocycles. The molecule has 0 radical (unpaired) electrons. The van der Waals surface area contributed by atoms with Gasteiger partial charge < -0.3 is 9.88 Å². The molecule has 2 aromatic heterocycles. The Morgan fingerprint density at radius 2 is 2.14 bits per heavy atom. The first kappa shape index (κ1) is 14.8. The molecular formula is C17H19N3OS. The number of nitrogens with zero attached hydrogens (tertiary/aromatic N) is 2. The average Bonchev–Trinajstić information content (AvgIpc) is 3.02. The maximum Gasteiger partial charge on any atom is 0.251 e. The molecule has 1 aromatic carbocycles. The molecule has 0 saturated carbocycles. The van der Waals surface area contributed by atoms with Crippen molar-refractivity contribution in [1.82, 2.24) is 14.9 Å². The smallest absolute Gasteiger partial charge is 0.251 e. The zero-order valence-corrected chi connectivity index (χ0v) is 13.8. The van der Waals surface area contributed by atoms with Crippen LogP contribution in [0.1, 0.15) is 25.9 Å². The third-order valence-electron chi connectivity index (χ3n) is 3.81. The van der Waals surface area contributed by atoms with Crippen LogP contribution in [0.2, 0.25) is 0 Å². The molecule has 0 fully saturated rings. The standard InChI is InChI=1S/C17H19N3OS/c1-11-16(22-12(2)19-11)7-9-18-17(21)14-5-4-6-15-13(14)8-10-20(15)3/h4-6,8,10H,7,9H2,1-3H3,(H,18,21). The van der Waals surface area contributed by atoms with Crippen LogP contribution in [0.15, 0.2) is 30.5 Å². The van der Waals surface area contributed by atoms with E-state index in [-0.39, 0.29) is 5.91 Å². The number of thiazole rings is 1. The number of aryl methyl sites for hydroxylation is 3. The van der Waals surface area contributed by atoms with Gasteiger partial charge in [0.05, 0.1) is 10.7 Å². The van der Waals surface area contributed by atoms with Gasteiger partial charge in [-0.15, -0.1) is 11.3 Å². The first-order valence-electron chi connectivity index (χ1n) is 7.31. The highest BCUT2D eigenvalue weighted by Gasteiger charge is 2.11. The molecule has 3 rings (SSSR count). The van der Waals surface area contributed by atoms with Crippen molar-refractivity contribution in [1.29, 1.82) is 0 Å². The minimum absolute atomic E-state index is 0.0179. The predicted molar refractivity (Wildman–Crippen MR) is 90.5 cm³/mol. The lowest BCUT2D eigenvalue weighted by molar-refractivity contribution is 0.0956. The van der Waals surface area contributed by atoms with Crippen LogP contribution in [0.4, 0.5) is 0 Å². The van der Waals surface area contributed by atoms with Gasteiger partial charge in [0.15, 0.2) is 0 Å². The summed E-state index contributed by atoms with van der Waals surface area (Å²) in [5.74, 6) is -0.0179. The number of rotatable bonds is 4. The SMILES string of the molecule is Cc1nc(C)c(CCNC(=O)c2cccc3c2ccn3C)s1. The minimum Gasteiger partial charge on any atom is -0.352 e. The summed E-state index contributed by atoms with van der Waals surface area (Å²) in [6, 6.07) is 7.81. The second-order valence-electron chi connectivity index (χ2n) is 5.41. The summed E-state index contributed by atoms with van der Waals surface area (Å²) in [6.07, 6.45) is 2.80. The van der Waals surface area contributed by atoms with E-state index in [1.807, 2.05) is 55.9 Å². The van der Waals surface area contributed by atoms with Crippen LogP contribution in [0.25, 0.3) is 10.9 Å². The molecule has 4 nitrogen and oxygen atoms in total. The molecule has 0 saturated heterocycles.